The normalized spacial score (nSPS) is 11.2. The molecule has 0 fully saturated rings. The average Bonchev–Trinajstić information content (AvgIpc) is 1.97. The Morgan fingerprint density at radius 1 is 1.46 bits per heavy atom. The lowest BCUT2D eigenvalue weighted by molar-refractivity contribution is -0.138. The maximum Gasteiger partial charge on any atom is 0.320 e. The molecule has 0 aliphatic rings. The third-order valence-corrected chi connectivity index (χ3v) is 1.31. The van der Waals surface area contributed by atoms with Crippen LogP contribution in [0, 0.1) is 0 Å². The van der Waals surface area contributed by atoms with Crippen LogP contribution in [0.25, 0.3) is 0 Å². The van der Waals surface area contributed by atoms with Crippen molar-refractivity contribution in [2.45, 2.75) is 18.9 Å². The van der Waals surface area contributed by atoms with E-state index in [0.29, 0.717) is 19.4 Å². The molecule has 0 aliphatic carbocycles. The van der Waals surface area contributed by atoms with Crippen molar-refractivity contribution in [3.8, 4) is 0 Å². The summed E-state index contributed by atoms with van der Waals surface area (Å²) in [5.74, 6) is -1.03. The highest BCUT2D eigenvalue weighted by Gasteiger charge is 2.09. The van der Waals surface area contributed by atoms with Gasteiger partial charge in [0.25, 0.3) is 0 Å². The Balaban J connectivity index is 0. The van der Waals surface area contributed by atoms with Crippen molar-refractivity contribution in [1.29, 1.82) is 0 Å². The van der Waals surface area contributed by atoms with E-state index in [1.54, 1.807) is 0 Å². The van der Waals surface area contributed by atoms with Gasteiger partial charge in [-0.3, -0.25) is 4.79 Å². The van der Waals surface area contributed by atoms with Crippen LogP contribution in [0.4, 0.5) is 4.79 Å². The Kier molecular flexibility index (Phi) is 8.52. The van der Waals surface area contributed by atoms with Crippen LogP contribution in [0.5, 0.6) is 0 Å². The standard InChI is InChI=1S/C6H13N3O3.ClH/c7-4(5(10)11)2-1-3-9-6(8)12;/h4H,1-3,7H2,(H,10,11)(H3,8,9,12);1H. The van der Waals surface area contributed by atoms with Gasteiger partial charge in [0.1, 0.15) is 6.04 Å². The zero-order valence-corrected chi connectivity index (χ0v) is 7.84. The van der Waals surface area contributed by atoms with Crippen molar-refractivity contribution in [3.05, 3.63) is 0 Å². The van der Waals surface area contributed by atoms with Crippen LogP contribution < -0.4 is 16.8 Å². The molecule has 0 aromatic carbocycles. The highest BCUT2D eigenvalue weighted by Crippen LogP contribution is 1.92. The lowest BCUT2D eigenvalue weighted by atomic mass is 10.2. The predicted octanol–water partition coefficient (Wildman–Crippen LogP) is -0.731. The summed E-state index contributed by atoms with van der Waals surface area (Å²) in [7, 11) is 0. The Bertz CT molecular complexity index is 177. The molecule has 7 heteroatoms. The molecule has 0 heterocycles. The molecule has 1 atom stereocenters. The van der Waals surface area contributed by atoms with Gasteiger partial charge < -0.3 is 21.9 Å². The Morgan fingerprint density at radius 2 is 2.00 bits per heavy atom. The van der Waals surface area contributed by atoms with Gasteiger partial charge in [-0.25, -0.2) is 4.79 Å². The number of carbonyl (C=O) groups excluding carboxylic acids is 1. The van der Waals surface area contributed by atoms with Crippen LogP contribution in [0.15, 0.2) is 0 Å². The Morgan fingerprint density at radius 3 is 2.38 bits per heavy atom. The van der Waals surface area contributed by atoms with Gasteiger partial charge in [0.2, 0.25) is 0 Å². The number of amides is 2. The molecule has 0 radical (unpaired) electrons. The van der Waals surface area contributed by atoms with Gasteiger partial charge in [0.05, 0.1) is 0 Å². The van der Waals surface area contributed by atoms with Crippen LogP contribution in [0.3, 0.4) is 0 Å². The minimum Gasteiger partial charge on any atom is -0.480 e. The molecule has 0 spiro atoms. The molecule has 0 bridgehead atoms. The minimum absolute atomic E-state index is 0. The molecule has 0 rings (SSSR count). The summed E-state index contributed by atoms with van der Waals surface area (Å²) in [4.78, 5) is 20.3. The van der Waals surface area contributed by atoms with Gasteiger partial charge in [-0.05, 0) is 12.8 Å². The first kappa shape index (κ1) is 14.5. The van der Waals surface area contributed by atoms with E-state index in [0.717, 1.165) is 0 Å². The van der Waals surface area contributed by atoms with E-state index in [-0.39, 0.29) is 12.4 Å². The van der Waals surface area contributed by atoms with Crippen molar-refractivity contribution in [3.63, 3.8) is 0 Å². The highest BCUT2D eigenvalue weighted by atomic mass is 35.5. The fourth-order valence-corrected chi connectivity index (χ4v) is 0.657. The number of nitrogens with two attached hydrogens (primary N) is 2. The number of carboxylic acid groups (broad SMARTS) is 1. The summed E-state index contributed by atoms with van der Waals surface area (Å²) in [6, 6.07) is -1.47. The van der Waals surface area contributed by atoms with E-state index in [1.807, 2.05) is 0 Å². The molecule has 0 aromatic rings. The summed E-state index contributed by atoms with van der Waals surface area (Å²) in [6.45, 7) is 0.357. The van der Waals surface area contributed by atoms with Crippen LogP contribution in [0.1, 0.15) is 12.8 Å². The van der Waals surface area contributed by atoms with E-state index >= 15 is 0 Å². The SMILES string of the molecule is Cl.NC(=O)NCCCC(N)C(=O)O. The van der Waals surface area contributed by atoms with Gasteiger partial charge in [-0.2, -0.15) is 0 Å². The number of carboxylic acids is 1. The van der Waals surface area contributed by atoms with Gasteiger partial charge in [-0.15, -0.1) is 12.4 Å². The topological polar surface area (TPSA) is 118 Å². The summed E-state index contributed by atoms with van der Waals surface area (Å²) >= 11 is 0. The number of aliphatic carboxylic acids is 1. The largest absolute Gasteiger partial charge is 0.480 e. The number of primary amides is 1. The van der Waals surface area contributed by atoms with Crippen molar-refractivity contribution in [2.24, 2.45) is 11.5 Å². The van der Waals surface area contributed by atoms with Gasteiger partial charge in [0.15, 0.2) is 0 Å². The number of hydrogen-bond acceptors (Lipinski definition) is 3. The molecule has 0 aromatic heterocycles. The second kappa shape index (κ2) is 7.63. The Hall–Kier alpha value is -1.01. The second-order valence-corrected chi connectivity index (χ2v) is 2.38. The van der Waals surface area contributed by atoms with Crippen LogP contribution in [0.2, 0.25) is 0 Å². The van der Waals surface area contributed by atoms with Crippen molar-refractivity contribution < 1.29 is 14.7 Å². The van der Waals surface area contributed by atoms with E-state index in [2.05, 4.69) is 5.32 Å². The molecule has 13 heavy (non-hydrogen) atoms. The number of hydrogen-bond donors (Lipinski definition) is 4. The minimum atomic E-state index is -1.03. The first-order chi connectivity index (χ1) is 5.54. The van der Waals surface area contributed by atoms with Crippen molar-refractivity contribution >= 4 is 24.4 Å². The zero-order chi connectivity index (χ0) is 9.56. The van der Waals surface area contributed by atoms with Crippen molar-refractivity contribution in [2.75, 3.05) is 6.54 Å². The van der Waals surface area contributed by atoms with Crippen LogP contribution in [-0.4, -0.2) is 29.7 Å². The molecule has 1 unspecified atom stereocenters. The molecule has 2 amide bonds. The summed E-state index contributed by atoms with van der Waals surface area (Å²) in [6.07, 6.45) is 0.839. The molecule has 0 aliphatic heterocycles. The third-order valence-electron chi connectivity index (χ3n) is 1.31. The lowest BCUT2D eigenvalue weighted by Crippen LogP contribution is -2.33. The number of urea groups is 1. The van der Waals surface area contributed by atoms with Crippen LogP contribution >= 0.6 is 12.4 Å². The number of halogens is 1. The average molecular weight is 212 g/mol. The monoisotopic (exact) mass is 211 g/mol. The summed E-state index contributed by atoms with van der Waals surface area (Å²) in [5, 5.41) is 10.7. The maximum atomic E-state index is 10.2. The van der Waals surface area contributed by atoms with Gasteiger partial charge >= 0.3 is 12.0 Å². The summed E-state index contributed by atoms with van der Waals surface area (Å²) in [5.41, 5.74) is 9.96. The lowest BCUT2D eigenvalue weighted by Gasteiger charge is -2.05. The van der Waals surface area contributed by atoms with E-state index in [4.69, 9.17) is 16.6 Å². The van der Waals surface area contributed by atoms with Crippen molar-refractivity contribution in [1.82, 2.24) is 5.32 Å². The number of carbonyl (C=O) groups is 2. The van der Waals surface area contributed by atoms with Crippen LogP contribution in [-0.2, 0) is 4.79 Å². The van der Waals surface area contributed by atoms with E-state index in [1.165, 1.54) is 0 Å². The first-order valence-corrected chi connectivity index (χ1v) is 3.55. The second-order valence-electron chi connectivity index (χ2n) is 2.38. The molecule has 78 valence electrons. The van der Waals surface area contributed by atoms with E-state index < -0.39 is 18.0 Å². The van der Waals surface area contributed by atoms with Gasteiger partial charge in [0, 0.05) is 6.54 Å². The molecule has 0 saturated heterocycles. The quantitative estimate of drug-likeness (QED) is 0.448. The first-order valence-electron chi connectivity index (χ1n) is 3.55. The molecule has 6 N–H and O–H groups in total. The Labute approximate surface area is 82.1 Å². The number of nitrogens with one attached hydrogen (secondary N) is 1. The highest BCUT2D eigenvalue weighted by molar-refractivity contribution is 5.85. The zero-order valence-electron chi connectivity index (χ0n) is 7.03. The molecule has 0 saturated carbocycles. The fourth-order valence-electron chi connectivity index (χ4n) is 0.657. The number of rotatable bonds is 5. The van der Waals surface area contributed by atoms with E-state index in [9.17, 15) is 9.59 Å². The molecule has 6 nitrogen and oxygen atoms in total. The molecular formula is C6H14ClN3O3. The third kappa shape index (κ3) is 8.90. The maximum absolute atomic E-state index is 10.2. The smallest absolute Gasteiger partial charge is 0.320 e. The van der Waals surface area contributed by atoms with Gasteiger partial charge in [-0.1, -0.05) is 0 Å². The predicted molar refractivity (Wildman–Crippen MR) is 49.7 cm³/mol. The fraction of sp³-hybridized carbons (Fsp3) is 0.667. The molecular weight excluding hydrogens is 198 g/mol. The summed E-state index contributed by atoms with van der Waals surface area (Å²) < 4.78 is 0.